The molecule has 1 saturated carbocycles. The fourth-order valence-corrected chi connectivity index (χ4v) is 5.26. The summed E-state index contributed by atoms with van der Waals surface area (Å²) in [6, 6.07) is 0. The molecule has 0 aromatic heterocycles. The van der Waals surface area contributed by atoms with Crippen molar-refractivity contribution in [3.05, 3.63) is 0 Å². The molecule has 2 aliphatic rings. The maximum atomic E-state index is 6.51. The fraction of sp³-hybridized carbons (Fsp3) is 1.00. The number of rotatable bonds is 18. The highest BCUT2D eigenvalue weighted by Gasteiger charge is 2.44. The third-order valence-corrected chi connectivity index (χ3v) is 7.16. The lowest BCUT2D eigenvalue weighted by molar-refractivity contribution is -0.272. The minimum atomic E-state index is -0.372. The molecule has 4 unspecified atom stereocenters. The van der Waals surface area contributed by atoms with Crippen molar-refractivity contribution in [1.82, 2.24) is 0 Å². The van der Waals surface area contributed by atoms with Crippen molar-refractivity contribution in [2.45, 2.75) is 142 Å². The van der Waals surface area contributed by atoms with Crippen LogP contribution in [0.25, 0.3) is 0 Å². The van der Waals surface area contributed by atoms with E-state index in [2.05, 4.69) is 27.7 Å². The molecule has 3 nitrogen and oxygen atoms in total. The summed E-state index contributed by atoms with van der Waals surface area (Å²) in [5.41, 5.74) is 0. The Balaban J connectivity index is 1.93. The van der Waals surface area contributed by atoms with E-state index in [0.717, 1.165) is 38.4 Å². The summed E-state index contributed by atoms with van der Waals surface area (Å²) in [5.74, 6) is 0.996. The molecule has 0 bridgehead atoms. The van der Waals surface area contributed by atoms with Crippen molar-refractivity contribution >= 4 is 0 Å². The normalized spacial score (nSPS) is 25.0. The van der Waals surface area contributed by atoms with Crippen LogP contribution < -0.4 is 0 Å². The highest BCUT2D eigenvalue weighted by atomic mass is 16.7. The van der Waals surface area contributed by atoms with Crippen molar-refractivity contribution in [1.29, 1.82) is 0 Å². The van der Waals surface area contributed by atoms with Gasteiger partial charge in [0.2, 0.25) is 0 Å². The molecule has 0 radical (unpaired) electrons. The average Bonchev–Trinajstić information content (AvgIpc) is 3.52. The van der Waals surface area contributed by atoms with Gasteiger partial charge in [-0.05, 0) is 63.7 Å². The summed E-state index contributed by atoms with van der Waals surface area (Å²) in [6.07, 6.45) is 20.2. The summed E-state index contributed by atoms with van der Waals surface area (Å²) < 4.78 is 18.8. The molecule has 0 aromatic rings. The quantitative estimate of drug-likeness (QED) is 0.132. The smallest absolute Gasteiger partial charge is 0.170 e. The van der Waals surface area contributed by atoms with Gasteiger partial charge in [-0.25, -0.2) is 0 Å². The van der Waals surface area contributed by atoms with Crippen LogP contribution in [0.5, 0.6) is 0 Å². The molecule has 4 atom stereocenters. The predicted molar refractivity (Wildman–Crippen MR) is 122 cm³/mol. The Morgan fingerprint density at radius 2 is 1.48 bits per heavy atom. The van der Waals surface area contributed by atoms with Crippen LogP contribution in [-0.2, 0) is 14.2 Å². The summed E-state index contributed by atoms with van der Waals surface area (Å²) >= 11 is 0. The van der Waals surface area contributed by atoms with E-state index < -0.39 is 0 Å². The molecule has 1 saturated heterocycles. The predicted octanol–water partition coefficient (Wildman–Crippen LogP) is 7.66. The van der Waals surface area contributed by atoms with E-state index in [-0.39, 0.29) is 5.79 Å². The van der Waals surface area contributed by atoms with E-state index >= 15 is 0 Å². The van der Waals surface area contributed by atoms with Gasteiger partial charge < -0.3 is 14.2 Å². The van der Waals surface area contributed by atoms with Crippen molar-refractivity contribution in [2.75, 3.05) is 13.2 Å². The van der Waals surface area contributed by atoms with Crippen molar-refractivity contribution in [3.8, 4) is 0 Å². The number of fused-ring (bicyclic) bond motifs is 1. The summed E-state index contributed by atoms with van der Waals surface area (Å²) in [6.45, 7) is 10.6. The van der Waals surface area contributed by atoms with Crippen LogP contribution in [0.3, 0.4) is 0 Å². The first-order chi connectivity index (χ1) is 14.2. The third-order valence-electron chi connectivity index (χ3n) is 7.16. The second-order valence-corrected chi connectivity index (χ2v) is 9.59. The monoisotopic (exact) mass is 410 g/mol. The second-order valence-electron chi connectivity index (χ2n) is 9.59. The van der Waals surface area contributed by atoms with Crippen LogP contribution in [-0.4, -0.2) is 31.2 Å². The van der Waals surface area contributed by atoms with Gasteiger partial charge in [0.25, 0.3) is 0 Å². The van der Waals surface area contributed by atoms with Gasteiger partial charge in [-0.3, -0.25) is 0 Å². The van der Waals surface area contributed by atoms with Crippen LogP contribution in [0.2, 0.25) is 0 Å². The largest absolute Gasteiger partial charge is 0.370 e. The zero-order valence-electron chi connectivity index (χ0n) is 20.1. The zero-order valence-corrected chi connectivity index (χ0v) is 20.1. The number of hydrogen-bond donors (Lipinski definition) is 0. The molecular formula is C26H50O3. The van der Waals surface area contributed by atoms with Crippen LogP contribution in [0.1, 0.15) is 124 Å². The Labute approximate surface area is 181 Å². The van der Waals surface area contributed by atoms with Gasteiger partial charge in [-0.2, -0.15) is 0 Å². The Hall–Kier alpha value is -0.120. The molecule has 0 aromatic carbocycles. The molecule has 2 fully saturated rings. The number of ether oxygens (including phenoxy) is 3. The molecule has 1 aliphatic heterocycles. The first kappa shape index (κ1) is 25.1. The van der Waals surface area contributed by atoms with E-state index in [1.165, 1.54) is 77.0 Å². The Morgan fingerprint density at radius 3 is 2.10 bits per heavy atom. The van der Waals surface area contributed by atoms with Crippen molar-refractivity contribution in [2.24, 2.45) is 11.8 Å². The van der Waals surface area contributed by atoms with Crippen molar-refractivity contribution < 1.29 is 14.2 Å². The highest BCUT2D eigenvalue weighted by molar-refractivity contribution is 4.92. The molecular weight excluding hydrogens is 360 g/mol. The topological polar surface area (TPSA) is 31.0 Å². The minimum Gasteiger partial charge on any atom is -0.370 e. The lowest BCUT2D eigenvalue weighted by Crippen LogP contribution is -2.44. The maximum Gasteiger partial charge on any atom is 0.170 e. The highest BCUT2D eigenvalue weighted by Crippen LogP contribution is 2.43. The molecule has 1 aliphatic carbocycles. The lowest BCUT2D eigenvalue weighted by Gasteiger charge is -2.41. The molecule has 0 spiro atoms. The van der Waals surface area contributed by atoms with Crippen LogP contribution in [0.15, 0.2) is 0 Å². The first-order valence-electron chi connectivity index (χ1n) is 13.1. The molecule has 172 valence electrons. The minimum absolute atomic E-state index is 0.372. The first-order valence-corrected chi connectivity index (χ1v) is 13.1. The molecule has 29 heavy (non-hydrogen) atoms. The van der Waals surface area contributed by atoms with E-state index in [1.807, 2.05) is 0 Å². The molecule has 0 amide bonds. The fourth-order valence-electron chi connectivity index (χ4n) is 5.26. The number of hydrogen-bond acceptors (Lipinski definition) is 3. The van der Waals surface area contributed by atoms with E-state index in [9.17, 15) is 0 Å². The Bertz CT molecular complexity index is 403. The van der Waals surface area contributed by atoms with E-state index in [1.54, 1.807) is 0 Å². The number of epoxide rings is 1. The molecule has 0 N–H and O–H groups in total. The molecule has 1 heterocycles. The lowest BCUT2D eigenvalue weighted by atomic mass is 9.80. The maximum absolute atomic E-state index is 6.51. The van der Waals surface area contributed by atoms with Gasteiger partial charge in [0, 0.05) is 19.1 Å². The zero-order chi connectivity index (χ0) is 21.0. The van der Waals surface area contributed by atoms with Crippen LogP contribution in [0, 0.1) is 11.8 Å². The van der Waals surface area contributed by atoms with Gasteiger partial charge in [-0.15, -0.1) is 0 Å². The van der Waals surface area contributed by atoms with Gasteiger partial charge in [0.1, 0.15) is 0 Å². The molecule has 3 heteroatoms. The Morgan fingerprint density at radius 1 is 0.793 bits per heavy atom. The second kappa shape index (κ2) is 14.0. The molecule has 2 rings (SSSR count). The van der Waals surface area contributed by atoms with Crippen molar-refractivity contribution in [3.63, 3.8) is 0 Å². The standard InChI is InChI=1S/C26H50O3/c1-5-9-10-11-12-13-14-23(17-15-22-16-18-24-25(21-22)29-24)26(8-4,27-19-6-2)28-20-7-3/h22-25H,5-21H2,1-4H3. The van der Waals surface area contributed by atoms with Crippen LogP contribution in [0.4, 0.5) is 0 Å². The third kappa shape index (κ3) is 8.50. The number of unbranched alkanes of at least 4 members (excludes halogenated alkanes) is 5. The van der Waals surface area contributed by atoms with Gasteiger partial charge in [0.05, 0.1) is 12.2 Å². The van der Waals surface area contributed by atoms with Gasteiger partial charge >= 0.3 is 0 Å². The summed E-state index contributed by atoms with van der Waals surface area (Å²) in [4.78, 5) is 0. The average molecular weight is 411 g/mol. The van der Waals surface area contributed by atoms with Crippen LogP contribution >= 0.6 is 0 Å². The summed E-state index contributed by atoms with van der Waals surface area (Å²) in [7, 11) is 0. The SMILES string of the molecule is CCCCCCCCC(CCC1CCC2OC2C1)C(CC)(OCCC)OCCC. The van der Waals surface area contributed by atoms with E-state index in [0.29, 0.717) is 18.1 Å². The summed E-state index contributed by atoms with van der Waals surface area (Å²) in [5, 5.41) is 0. The van der Waals surface area contributed by atoms with E-state index in [4.69, 9.17) is 14.2 Å². The Kier molecular flexibility index (Phi) is 12.2. The van der Waals surface area contributed by atoms with Gasteiger partial charge in [0.15, 0.2) is 5.79 Å². The van der Waals surface area contributed by atoms with Gasteiger partial charge in [-0.1, -0.05) is 66.2 Å².